The van der Waals surface area contributed by atoms with Gasteiger partial charge in [0.15, 0.2) is 0 Å². The minimum absolute atomic E-state index is 0. The van der Waals surface area contributed by atoms with Gasteiger partial charge in [-0.2, -0.15) is 0 Å². The molecular weight excluding hydrogens is 307 g/mol. The fourth-order valence-corrected chi connectivity index (χ4v) is 3.27. The smallest absolute Gasteiger partial charge is 0.744 e. The van der Waals surface area contributed by atoms with Crippen molar-refractivity contribution in [1.29, 1.82) is 0 Å². The molecule has 0 aromatic heterocycles. The Morgan fingerprint density at radius 1 is 0.955 bits per heavy atom. The van der Waals surface area contributed by atoms with Gasteiger partial charge in [-0.1, -0.05) is 70.6 Å². The van der Waals surface area contributed by atoms with E-state index in [0.29, 0.717) is 12.0 Å². The third kappa shape index (κ3) is 9.31. The maximum absolute atomic E-state index is 11.2. The molecule has 0 aliphatic carbocycles. The molecule has 0 atom stereocenters. The fraction of sp³-hybridized carbons (Fsp3) is 0.647. The van der Waals surface area contributed by atoms with Gasteiger partial charge in [0.25, 0.3) is 0 Å². The van der Waals surface area contributed by atoms with Crippen LogP contribution in [0.5, 0.6) is 0 Å². The Labute approximate surface area is 157 Å². The maximum Gasteiger partial charge on any atom is 1.00 e. The second-order valence-electron chi connectivity index (χ2n) is 6.12. The van der Waals surface area contributed by atoms with Crippen LogP contribution < -0.4 is 29.6 Å². The summed E-state index contributed by atoms with van der Waals surface area (Å²) in [7, 11) is -4.35. The number of aryl methyl sites for hydroxylation is 1. The zero-order chi connectivity index (χ0) is 15.7. The van der Waals surface area contributed by atoms with Gasteiger partial charge < -0.3 is 4.55 Å². The molecule has 0 unspecified atom stereocenters. The van der Waals surface area contributed by atoms with Crippen molar-refractivity contribution in [2.45, 2.75) is 70.1 Å². The molecule has 0 heterocycles. The van der Waals surface area contributed by atoms with E-state index in [1.807, 2.05) is 0 Å². The van der Waals surface area contributed by atoms with Crippen LogP contribution >= 0.6 is 0 Å². The van der Waals surface area contributed by atoms with E-state index in [-0.39, 0.29) is 34.5 Å². The van der Waals surface area contributed by atoms with E-state index in [1.54, 1.807) is 18.2 Å². The van der Waals surface area contributed by atoms with Crippen LogP contribution in [0.25, 0.3) is 0 Å². The summed E-state index contributed by atoms with van der Waals surface area (Å²) in [6.45, 7) is 4.50. The van der Waals surface area contributed by atoms with E-state index in [1.165, 1.54) is 38.2 Å². The predicted octanol–water partition coefficient (Wildman–Crippen LogP) is 1.52. The van der Waals surface area contributed by atoms with Gasteiger partial charge in [-0.25, -0.2) is 8.42 Å². The van der Waals surface area contributed by atoms with Crippen LogP contribution in [-0.2, 0) is 16.5 Å². The number of benzene rings is 1. The second-order valence-corrected chi connectivity index (χ2v) is 7.46. The van der Waals surface area contributed by atoms with Crippen LogP contribution in [-0.4, -0.2) is 13.0 Å². The molecule has 0 fully saturated rings. The normalized spacial score (nSPS) is 11.5. The molecule has 1 rings (SSSR count). The maximum atomic E-state index is 11.2. The minimum atomic E-state index is -4.35. The Morgan fingerprint density at radius 3 is 2.09 bits per heavy atom. The van der Waals surface area contributed by atoms with E-state index in [0.717, 1.165) is 18.8 Å². The molecule has 0 spiro atoms. The van der Waals surface area contributed by atoms with Gasteiger partial charge in [0.05, 0.1) is 4.90 Å². The molecule has 5 heteroatoms. The zero-order valence-electron chi connectivity index (χ0n) is 14.2. The van der Waals surface area contributed by atoms with E-state index in [9.17, 15) is 13.0 Å². The number of hydrogen-bond donors (Lipinski definition) is 0. The van der Waals surface area contributed by atoms with Crippen molar-refractivity contribution in [2.24, 2.45) is 5.92 Å². The molecule has 0 aliphatic heterocycles. The number of rotatable bonds is 10. The zero-order valence-corrected chi connectivity index (χ0v) is 17.0. The summed E-state index contributed by atoms with van der Waals surface area (Å²) >= 11 is 0. The van der Waals surface area contributed by atoms with Gasteiger partial charge in [0.1, 0.15) is 10.1 Å². The first kappa shape index (κ1) is 22.1. The standard InChI is InChI=1S/C17H28O3S.Na/c1-15(2)11-7-5-3-4-6-8-12-16-13-9-10-14-17(16)21(18,19)20;/h9-10,13-15H,3-8,11-12H2,1-2H3,(H,18,19,20);/q;+1/p-1. The van der Waals surface area contributed by atoms with Gasteiger partial charge >= 0.3 is 29.6 Å². The van der Waals surface area contributed by atoms with E-state index >= 15 is 0 Å². The largest absolute Gasteiger partial charge is 1.00 e. The Morgan fingerprint density at radius 2 is 1.50 bits per heavy atom. The van der Waals surface area contributed by atoms with Gasteiger partial charge in [-0.15, -0.1) is 0 Å². The summed E-state index contributed by atoms with van der Waals surface area (Å²) in [4.78, 5) is -0.0538. The summed E-state index contributed by atoms with van der Waals surface area (Å²) in [6.07, 6.45) is 9.02. The topological polar surface area (TPSA) is 57.2 Å². The van der Waals surface area contributed by atoms with Crippen molar-refractivity contribution >= 4 is 10.1 Å². The van der Waals surface area contributed by atoms with Crippen LogP contribution in [0.4, 0.5) is 0 Å². The van der Waals surface area contributed by atoms with Crippen molar-refractivity contribution in [3.63, 3.8) is 0 Å². The van der Waals surface area contributed by atoms with Crippen LogP contribution in [0.2, 0.25) is 0 Å². The molecule has 1 aromatic rings. The van der Waals surface area contributed by atoms with E-state index in [4.69, 9.17) is 0 Å². The Balaban J connectivity index is 0.00000441. The minimum Gasteiger partial charge on any atom is -0.744 e. The van der Waals surface area contributed by atoms with Gasteiger partial charge in [0, 0.05) is 0 Å². The van der Waals surface area contributed by atoms with Gasteiger partial charge in [-0.3, -0.25) is 0 Å². The molecule has 0 saturated heterocycles. The average molecular weight is 334 g/mol. The van der Waals surface area contributed by atoms with Gasteiger partial charge in [0.2, 0.25) is 0 Å². The third-order valence-electron chi connectivity index (χ3n) is 3.72. The molecule has 0 aliphatic rings. The number of unbranched alkanes of at least 4 members (excludes halogenated alkanes) is 5. The van der Waals surface area contributed by atoms with Crippen molar-refractivity contribution in [2.75, 3.05) is 0 Å². The van der Waals surface area contributed by atoms with E-state index < -0.39 is 10.1 Å². The summed E-state index contributed by atoms with van der Waals surface area (Å²) in [5, 5.41) is 0. The molecule has 0 radical (unpaired) electrons. The van der Waals surface area contributed by atoms with Crippen LogP contribution in [0.1, 0.15) is 64.4 Å². The first-order chi connectivity index (χ1) is 9.91. The molecule has 3 nitrogen and oxygen atoms in total. The third-order valence-corrected chi connectivity index (χ3v) is 4.66. The molecule has 1 aromatic carbocycles. The molecule has 0 amide bonds. The first-order valence-electron chi connectivity index (χ1n) is 7.95. The first-order valence-corrected chi connectivity index (χ1v) is 9.36. The molecule has 22 heavy (non-hydrogen) atoms. The monoisotopic (exact) mass is 334 g/mol. The van der Waals surface area contributed by atoms with Crippen molar-refractivity contribution < 1.29 is 42.5 Å². The predicted molar refractivity (Wildman–Crippen MR) is 85.3 cm³/mol. The Bertz CT molecular complexity index is 512. The van der Waals surface area contributed by atoms with Crippen molar-refractivity contribution in [1.82, 2.24) is 0 Å². The average Bonchev–Trinajstić information content (AvgIpc) is 2.41. The van der Waals surface area contributed by atoms with Crippen LogP contribution in [0, 0.1) is 5.92 Å². The molecule has 120 valence electrons. The fourth-order valence-electron chi connectivity index (χ4n) is 2.53. The van der Waals surface area contributed by atoms with Crippen molar-refractivity contribution in [3.05, 3.63) is 29.8 Å². The van der Waals surface area contributed by atoms with Crippen LogP contribution in [0.3, 0.4) is 0 Å². The summed E-state index contributed by atoms with van der Waals surface area (Å²) in [5.74, 6) is 0.788. The quantitative estimate of drug-likeness (QED) is 0.370. The SMILES string of the molecule is CC(C)CCCCCCCCc1ccccc1S(=O)(=O)[O-].[Na+]. The molecular formula is C17H27NaO3S. The van der Waals surface area contributed by atoms with Crippen molar-refractivity contribution in [3.8, 4) is 0 Å². The molecule has 0 N–H and O–H groups in total. The summed E-state index contributed by atoms with van der Waals surface area (Å²) in [5.41, 5.74) is 0.660. The molecule has 0 saturated carbocycles. The summed E-state index contributed by atoms with van der Waals surface area (Å²) in [6, 6.07) is 6.54. The van der Waals surface area contributed by atoms with Crippen LogP contribution in [0.15, 0.2) is 29.2 Å². The van der Waals surface area contributed by atoms with E-state index in [2.05, 4.69) is 13.8 Å². The number of hydrogen-bond acceptors (Lipinski definition) is 3. The molecule has 0 bridgehead atoms. The summed E-state index contributed by atoms with van der Waals surface area (Å²) < 4.78 is 33.5. The second kappa shape index (κ2) is 11.6. The Kier molecular flexibility index (Phi) is 11.7. The Hall–Kier alpha value is 0.130. The van der Waals surface area contributed by atoms with Gasteiger partial charge in [-0.05, 0) is 30.4 Å².